The number of halogens is 1. The molecule has 0 unspecified atom stereocenters. The van der Waals surface area contributed by atoms with Gasteiger partial charge in [0.05, 0.1) is 5.54 Å². The van der Waals surface area contributed by atoms with Gasteiger partial charge in [0.15, 0.2) is 0 Å². The van der Waals surface area contributed by atoms with E-state index in [0.29, 0.717) is 6.54 Å². The van der Waals surface area contributed by atoms with E-state index >= 15 is 0 Å². The van der Waals surface area contributed by atoms with Crippen LogP contribution in [0, 0.1) is 5.82 Å². The minimum Gasteiger partial charge on any atom is -0.340 e. The molecule has 0 saturated carbocycles. The quantitative estimate of drug-likeness (QED) is 0.846. The fourth-order valence-electron chi connectivity index (χ4n) is 1.47. The summed E-state index contributed by atoms with van der Waals surface area (Å²) in [5.74, 6) is -0.470. The number of likely N-dealkylation sites (N-methyl/N-ethyl adjacent to an activating group) is 1. The zero-order valence-electron chi connectivity index (χ0n) is 9.83. The third-order valence-electron chi connectivity index (χ3n) is 2.21. The summed E-state index contributed by atoms with van der Waals surface area (Å²) < 4.78 is 12.9. The Kier molecular flexibility index (Phi) is 3.65. The van der Waals surface area contributed by atoms with E-state index in [-0.39, 0.29) is 11.7 Å². The van der Waals surface area contributed by atoms with Gasteiger partial charge >= 0.3 is 0 Å². The Labute approximate surface area is 95.0 Å². The molecule has 0 aliphatic rings. The zero-order valence-corrected chi connectivity index (χ0v) is 9.83. The average Bonchev–Trinajstić information content (AvgIpc) is 2.15. The Morgan fingerprint density at radius 3 is 2.62 bits per heavy atom. The number of amides is 1. The summed E-state index contributed by atoms with van der Waals surface area (Å²) in [4.78, 5) is 13.3. The largest absolute Gasteiger partial charge is 0.340 e. The summed E-state index contributed by atoms with van der Waals surface area (Å²) in [5.41, 5.74) is 5.55. The highest BCUT2D eigenvalue weighted by molar-refractivity contribution is 5.84. The number of carbonyl (C=O) groups excluding carboxylic acids is 1. The molecule has 88 valence electrons. The Morgan fingerprint density at radius 2 is 2.12 bits per heavy atom. The Hall–Kier alpha value is -1.42. The fraction of sp³-hybridized carbons (Fsp3) is 0.417. The first-order chi connectivity index (χ1) is 7.30. The molecule has 1 rings (SSSR count). The standard InChI is InChI=1S/C12H17FN2O/c1-12(2,14)11(16)15(3)8-9-5-4-6-10(13)7-9/h4-7H,8,14H2,1-3H3. The van der Waals surface area contributed by atoms with Crippen molar-refractivity contribution in [3.05, 3.63) is 35.6 Å². The third kappa shape index (κ3) is 3.31. The number of hydrogen-bond donors (Lipinski definition) is 1. The lowest BCUT2D eigenvalue weighted by Gasteiger charge is -2.25. The maximum absolute atomic E-state index is 12.9. The SMILES string of the molecule is CN(Cc1cccc(F)c1)C(=O)C(C)(C)N. The molecule has 0 atom stereocenters. The summed E-state index contributed by atoms with van der Waals surface area (Å²) in [6.45, 7) is 3.66. The summed E-state index contributed by atoms with van der Waals surface area (Å²) >= 11 is 0. The second kappa shape index (κ2) is 4.61. The number of nitrogens with two attached hydrogens (primary N) is 1. The van der Waals surface area contributed by atoms with Crippen LogP contribution in [0.5, 0.6) is 0 Å². The van der Waals surface area contributed by atoms with Crippen LogP contribution in [0.25, 0.3) is 0 Å². The summed E-state index contributed by atoms with van der Waals surface area (Å²) in [6.07, 6.45) is 0. The van der Waals surface area contributed by atoms with Crippen LogP contribution in [0.2, 0.25) is 0 Å². The number of nitrogens with zero attached hydrogens (tertiary/aromatic N) is 1. The van der Waals surface area contributed by atoms with Crippen LogP contribution in [-0.4, -0.2) is 23.4 Å². The van der Waals surface area contributed by atoms with Gasteiger partial charge in [-0.3, -0.25) is 4.79 Å². The van der Waals surface area contributed by atoms with Gasteiger partial charge < -0.3 is 10.6 Å². The number of carbonyl (C=O) groups is 1. The van der Waals surface area contributed by atoms with Gasteiger partial charge in [-0.1, -0.05) is 12.1 Å². The highest BCUT2D eigenvalue weighted by Crippen LogP contribution is 2.09. The van der Waals surface area contributed by atoms with Crippen molar-refractivity contribution in [3.63, 3.8) is 0 Å². The van der Waals surface area contributed by atoms with Crippen LogP contribution in [0.3, 0.4) is 0 Å². The summed E-state index contributed by atoms with van der Waals surface area (Å²) in [7, 11) is 1.65. The highest BCUT2D eigenvalue weighted by atomic mass is 19.1. The molecule has 1 aromatic rings. The highest BCUT2D eigenvalue weighted by Gasteiger charge is 2.25. The van der Waals surface area contributed by atoms with Gasteiger partial charge in [-0.15, -0.1) is 0 Å². The van der Waals surface area contributed by atoms with E-state index in [1.165, 1.54) is 17.0 Å². The van der Waals surface area contributed by atoms with Crippen molar-refractivity contribution < 1.29 is 9.18 Å². The molecular weight excluding hydrogens is 207 g/mol. The van der Waals surface area contributed by atoms with Crippen molar-refractivity contribution in [1.82, 2.24) is 4.90 Å². The van der Waals surface area contributed by atoms with Crippen LogP contribution in [-0.2, 0) is 11.3 Å². The lowest BCUT2D eigenvalue weighted by atomic mass is 10.1. The van der Waals surface area contributed by atoms with E-state index in [1.54, 1.807) is 33.0 Å². The van der Waals surface area contributed by atoms with Crippen LogP contribution < -0.4 is 5.73 Å². The van der Waals surface area contributed by atoms with Crippen molar-refractivity contribution in [2.45, 2.75) is 25.9 Å². The first-order valence-corrected chi connectivity index (χ1v) is 5.09. The summed E-state index contributed by atoms with van der Waals surface area (Å²) in [5, 5.41) is 0. The van der Waals surface area contributed by atoms with Gasteiger partial charge in [-0.05, 0) is 31.5 Å². The monoisotopic (exact) mass is 224 g/mol. The molecule has 0 saturated heterocycles. The van der Waals surface area contributed by atoms with Crippen LogP contribution in [0.15, 0.2) is 24.3 Å². The predicted octanol–water partition coefficient (Wildman–Crippen LogP) is 1.52. The van der Waals surface area contributed by atoms with Crippen molar-refractivity contribution in [1.29, 1.82) is 0 Å². The maximum Gasteiger partial charge on any atom is 0.242 e. The minimum absolute atomic E-state index is 0.170. The smallest absolute Gasteiger partial charge is 0.242 e. The lowest BCUT2D eigenvalue weighted by molar-refractivity contribution is -0.135. The first kappa shape index (κ1) is 12.6. The number of benzene rings is 1. The van der Waals surface area contributed by atoms with Gasteiger partial charge in [0.2, 0.25) is 5.91 Å². The van der Waals surface area contributed by atoms with Gasteiger partial charge in [0, 0.05) is 13.6 Å². The molecule has 0 fully saturated rings. The molecule has 0 aliphatic carbocycles. The van der Waals surface area contributed by atoms with Crippen molar-refractivity contribution >= 4 is 5.91 Å². The minimum atomic E-state index is -0.901. The molecule has 0 heterocycles. The van der Waals surface area contributed by atoms with E-state index in [4.69, 9.17) is 5.73 Å². The van der Waals surface area contributed by atoms with Gasteiger partial charge in [0.25, 0.3) is 0 Å². The molecule has 0 aromatic heterocycles. The molecule has 1 aromatic carbocycles. The lowest BCUT2D eigenvalue weighted by Crippen LogP contribution is -2.49. The number of hydrogen-bond acceptors (Lipinski definition) is 2. The molecule has 0 spiro atoms. The third-order valence-corrected chi connectivity index (χ3v) is 2.21. The predicted molar refractivity (Wildman–Crippen MR) is 61.1 cm³/mol. The molecule has 0 bridgehead atoms. The molecule has 4 heteroatoms. The van der Waals surface area contributed by atoms with Gasteiger partial charge in [0.1, 0.15) is 5.82 Å². The Bertz CT molecular complexity index is 385. The topological polar surface area (TPSA) is 46.3 Å². The van der Waals surface area contributed by atoms with Crippen LogP contribution in [0.4, 0.5) is 4.39 Å². The van der Waals surface area contributed by atoms with Gasteiger partial charge in [-0.2, -0.15) is 0 Å². The molecule has 0 radical (unpaired) electrons. The summed E-state index contributed by atoms with van der Waals surface area (Å²) in [6, 6.07) is 6.18. The molecule has 1 amide bonds. The average molecular weight is 224 g/mol. The van der Waals surface area contributed by atoms with Crippen molar-refractivity contribution in [2.24, 2.45) is 5.73 Å². The first-order valence-electron chi connectivity index (χ1n) is 5.09. The van der Waals surface area contributed by atoms with E-state index in [2.05, 4.69) is 0 Å². The van der Waals surface area contributed by atoms with E-state index < -0.39 is 5.54 Å². The normalized spacial score (nSPS) is 11.3. The molecule has 3 nitrogen and oxygen atoms in total. The number of rotatable bonds is 3. The van der Waals surface area contributed by atoms with Crippen LogP contribution >= 0.6 is 0 Å². The van der Waals surface area contributed by atoms with E-state index in [1.807, 2.05) is 0 Å². The second-order valence-corrected chi connectivity index (χ2v) is 4.51. The molecule has 16 heavy (non-hydrogen) atoms. The van der Waals surface area contributed by atoms with Gasteiger partial charge in [-0.25, -0.2) is 4.39 Å². The van der Waals surface area contributed by atoms with Crippen molar-refractivity contribution in [2.75, 3.05) is 7.05 Å². The Balaban J connectivity index is 2.72. The van der Waals surface area contributed by atoms with Crippen LogP contribution in [0.1, 0.15) is 19.4 Å². The van der Waals surface area contributed by atoms with Crippen molar-refractivity contribution in [3.8, 4) is 0 Å². The molecule has 0 aliphatic heterocycles. The van der Waals surface area contributed by atoms with E-state index in [0.717, 1.165) is 5.56 Å². The second-order valence-electron chi connectivity index (χ2n) is 4.51. The molecule has 2 N–H and O–H groups in total. The Morgan fingerprint density at radius 1 is 1.50 bits per heavy atom. The maximum atomic E-state index is 12.9. The van der Waals surface area contributed by atoms with E-state index in [9.17, 15) is 9.18 Å². The fourth-order valence-corrected chi connectivity index (χ4v) is 1.47. The zero-order chi connectivity index (χ0) is 12.3. The molecular formula is C12H17FN2O.